The second kappa shape index (κ2) is 6.03. The molecule has 0 spiro atoms. The van der Waals surface area contributed by atoms with Crippen molar-refractivity contribution in [3.63, 3.8) is 0 Å². The van der Waals surface area contributed by atoms with Gasteiger partial charge in [-0.1, -0.05) is 12.1 Å². The van der Waals surface area contributed by atoms with Crippen molar-refractivity contribution >= 4 is 10.0 Å². The van der Waals surface area contributed by atoms with E-state index in [2.05, 4.69) is 9.29 Å². The third-order valence-electron chi connectivity index (χ3n) is 3.68. The molecule has 2 aromatic rings. The number of hydrogen-bond donors (Lipinski definition) is 1. The van der Waals surface area contributed by atoms with E-state index in [1.165, 1.54) is 0 Å². The monoisotopic (exact) mass is 306 g/mol. The van der Waals surface area contributed by atoms with Crippen LogP contribution in [-0.4, -0.2) is 19.5 Å². The van der Waals surface area contributed by atoms with Crippen LogP contribution in [-0.2, 0) is 16.6 Å². The fraction of sp³-hybridized carbons (Fsp3) is 0.375. The van der Waals surface area contributed by atoms with Gasteiger partial charge in [0.1, 0.15) is 0 Å². The van der Waals surface area contributed by atoms with Crippen LogP contribution in [0.2, 0.25) is 0 Å². The first-order valence-electron chi connectivity index (χ1n) is 7.01. The third-order valence-corrected chi connectivity index (χ3v) is 5.28. The summed E-state index contributed by atoms with van der Waals surface area (Å²) in [4.78, 5) is 0.364. The van der Waals surface area contributed by atoms with Crippen LogP contribution in [0.1, 0.15) is 22.5 Å². The van der Waals surface area contributed by atoms with E-state index in [9.17, 15) is 8.42 Å². The highest BCUT2D eigenvalue weighted by atomic mass is 32.2. The zero-order valence-corrected chi connectivity index (χ0v) is 13.8. The van der Waals surface area contributed by atoms with Crippen LogP contribution in [0.5, 0.6) is 0 Å². The summed E-state index contributed by atoms with van der Waals surface area (Å²) in [6, 6.07) is 9.54. The van der Waals surface area contributed by atoms with Crippen LogP contribution < -0.4 is 4.72 Å². The summed E-state index contributed by atoms with van der Waals surface area (Å²) >= 11 is 0. The van der Waals surface area contributed by atoms with Crippen molar-refractivity contribution in [3.05, 3.63) is 52.8 Å². The molecule has 0 aliphatic heterocycles. The average molecular weight is 306 g/mol. The summed E-state index contributed by atoms with van der Waals surface area (Å²) in [5, 5.41) is 0. The number of benzene rings is 1. The van der Waals surface area contributed by atoms with E-state index in [1.807, 2.05) is 52.0 Å². The molecule has 114 valence electrons. The fourth-order valence-corrected chi connectivity index (χ4v) is 3.77. The minimum atomic E-state index is -3.46. The maximum absolute atomic E-state index is 12.4. The zero-order valence-electron chi connectivity index (χ0n) is 13.0. The Hall–Kier alpha value is -1.59. The van der Waals surface area contributed by atoms with E-state index in [-0.39, 0.29) is 0 Å². The van der Waals surface area contributed by atoms with E-state index in [4.69, 9.17) is 0 Å². The Morgan fingerprint density at radius 2 is 1.62 bits per heavy atom. The van der Waals surface area contributed by atoms with Gasteiger partial charge in [0.15, 0.2) is 0 Å². The second-order valence-corrected chi connectivity index (χ2v) is 7.17. The molecule has 1 aromatic heterocycles. The first-order chi connectivity index (χ1) is 9.81. The molecule has 0 unspecified atom stereocenters. The molecular weight excluding hydrogens is 284 g/mol. The maximum atomic E-state index is 12.4. The Labute approximate surface area is 126 Å². The molecule has 0 aliphatic carbocycles. The van der Waals surface area contributed by atoms with Crippen LogP contribution >= 0.6 is 0 Å². The normalized spacial score (nSPS) is 11.8. The maximum Gasteiger partial charge on any atom is 0.240 e. The molecular formula is C16H22N2O2S. The topological polar surface area (TPSA) is 51.1 Å². The average Bonchev–Trinajstić information content (AvgIpc) is 2.73. The highest BCUT2D eigenvalue weighted by Gasteiger charge is 2.16. The van der Waals surface area contributed by atoms with Crippen molar-refractivity contribution in [1.82, 2.24) is 9.29 Å². The Bertz CT molecular complexity index is 726. The van der Waals surface area contributed by atoms with Crippen LogP contribution in [0, 0.1) is 27.7 Å². The number of aromatic nitrogens is 1. The van der Waals surface area contributed by atoms with E-state index in [1.54, 1.807) is 6.07 Å². The first-order valence-corrected chi connectivity index (χ1v) is 8.49. The van der Waals surface area contributed by atoms with Gasteiger partial charge in [-0.15, -0.1) is 0 Å². The van der Waals surface area contributed by atoms with Crippen LogP contribution in [0.4, 0.5) is 0 Å². The van der Waals surface area contributed by atoms with E-state index in [0.29, 0.717) is 18.0 Å². The van der Waals surface area contributed by atoms with Gasteiger partial charge in [-0.3, -0.25) is 0 Å². The molecule has 21 heavy (non-hydrogen) atoms. The molecule has 2 rings (SSSR count). The van der Waals surface area contributed by atoms with E-state index < -0.39 is 10.0 Å². The van der Waals surface area contributed by atoms with Gasteiger partial charge in [-0.25, -0.2) is 13.1 Å². The summed E-state index contributed by atoms with van der Waals surface area (Å²) in [5.74, 6) is 0. The van der Waals surface area contributed by atoms with Gasteiger partial charge in [-0.05, 0) is 57.0 Å². The lowest BCUT2D eigenvalue weighted by molar-refractivity contribution is 0.569. The predicted octanol–water partition coefficient (Wildman–Crippen LogP) is 2.70. The lowest BCUT2D eigenvalue weighted by Crippen LogP contribution is -2.28. The van der Waals surface area contributed by atoms with Crippen LogP contribution in [0.3, 0.4) is 0 Å². The molecule has 0 fully saturated rings. The first kappa shape index (κ1) is 15.8. The Morgan fingerprint density at radius 1 is 1.00 bits per heavy atom. The van der Waals surface area contributed by atoms with Crippen LogP contribution in [0.25, 0.3) is 0 Å². The second-order valence-electron chi connectivity index (χ2n) is 5.43. The van der Waals surface area contributed by atoms with Crippen molar-refractivity contribution < 1.29 is 8.42 Å². The van der Waals surface area contributed by atoms with Crippen molar-refractivity contribution in [1.29, 1.82) is 0 Å². The van der Waals surface area contributed by atoms with Gasteiger partial charge < -0.3 is 4.57 Å². The predicted molar refractivity (Wildman–Crippen MR) is 85.0 cm³/mol. The number of nitrogens with zero attached hydrogens (tertiary/aromatic N) is 1. The summed E-state index contributed by atoms with van der Waals surface area (Å²) in [6.45, 7) is 8.76. The molecule has 0 amide bonds. The minimum Gasteiger partial charge on any atom is -0.348 e. The smallest absolute Gasteiger partial charge is 0.240 e. The van der Waals surface area contributed by atoms with Crippen molar-refractivity contribution in [2.75, 3.05) is 6.54 Å². The quantitative estimate of drug-likeness (QED) is 0.923. The summed E-state index contributed by atoms with van der Waals surface area (Å²) in [7, 11) is -3.46. The number of aryl methyl sites for hydroxylation is 4. The largest absolute Gasteiger partial charge is 0.348 e. The summed E-state index contributed by atoms with van der Waals surface area (Å²) in [6.07, 6.45) is 0. The Balaban J connectivity index is 2.10. The number of rotatable bonds is 5. The van der Waals surface area contributed by atoms with Gasteiger partial charge in [0.2, 0.25) is 10.0 Å². The minimum absolute atomic E-state index is 0.364. The van der Waals surface area contributed by atoms with Gasteiger partial charge in [0, 0.05) is 24.5 Å². The molecule has 0 radical (unpaired) electrons. The van der Waals surface area contributed by atoms with Crippen molar-refractivity contribution in [2.45, 2.75) is 39.1 Å². The molecule has 1 aromatic carbocycles. The van der Waals surface area contributed by atoms with Crippen LogP contribution in [0.15, 0.2) is 35.2 Å². The van der Waals surface area contributed by atoms with Gasteiger partial charge >= 0.3 is 0 Å². The molecule has 0 saturated heterocycles. The van der Waals surface area contributed by atoms with E-state index in [0.717, 1.165) is 22.5 Å². The van der Waals surface area contributed by atoms with Gasteiger partial charge in [0.25, 0.3) is 0 Å². The third kappa shape index (κ3) is 3.54. The van der Waals surface area contributed by atoms with Crippen molar-refractivity contribution in [2.24, 2.45) is 0 Å². The molecule has 0 bridgehead atoms. The number of hydrogen-bond acceptors (Lipinski definition) is 2. The zero-order chi connectivity index (χ0) is 15.6. The highest BCUT2D eigenvalue weighted by Crippen LogP contribution is 2.16. The molecule has 0 saturated carbocycles. The Morgan fingerprint density at radius 3 is 2.24 bits per heavy atom. The molecule has 0 atom stereocenters. The van der Waals surface area contributed by atoms with Gasteiger partial charge in [-0.2, -0.15) is 0 Å². The Kier molecular flexibility index (Phi) is 4.54. The van der Waals surface area contributed by atoms with Gasteiger partial charge in [0.05, 0.1) is 4.90 Å². The lowest BCUT2D eigenvalue weighted by Gasteiger charge is -2.12. The van der Waals surface area contributed by atoms with Crippen molar-refractivity contribution in [3.8, 4) is 0 Å². The molecule has 5 heteroatoms. The lowest BCUT2D eigenvalue weighted by atomic mass is 10.2. The number of sulfonamides is 1. The molecule has 0 aliphatic rings. The number of nitrogens with one attached hydrogen (secondary N) is 1. The standard InChI is InChI=1S/C16H22N2O2S/c1-12-5-6-13(2)16(11-12)21(19,20)17-9-10-18-14(3)7-8-15(18)4/h5-8,11,17H,9-10H2,1-4H3. The fourth-order valence-electron chi connectivity index (χ4n) is 2.42. The molecule has 4 nitrogen and oxygen atoms in total. The summed E-state index contributed by atoms with van der Waals surface area (Å²) in [5.41, 5.74) is 3.98. The molecule has 1 heterocycles. The summed E-state index contributed by atoms with van der Waals surface area (Å²) < 4.78 is 29.6. The molecule has 1 N–H and O–H groups in total. The highest BCUT2D eigenvalue weighted by molar-refractivity contribution is 7.89. The van der Waals surface area contributed by atoms with E-state index >= 15 is 0 Å². The SMILES string of the molecule is Cc1ccc(C)c(S(=O)(=O)NCCn2c(C)ccc2C)c1.